The van der Waals surface area contributed by atoms with Crippen molar-refractivity contribution in [2.75, 3.05) is 19.6 Å². The van der Waals surface area contributed by atoms with Crippen LogP contribution in [0.25, 0.3) is 10.9 Å². The molecule has 124 valence electrons. The van der Waals surface area contributed by atoms with E-state index in [0.717, 1.165) is 44.3 Å². The van der Waals surface area contributed by atoms with E-state index in [4.69, 9.17) is 0 Å². The Morgan fingerprint density at radius 2 is 1.96 bits per heavy atom. The third-order valence-corrected chi connectivity index (χ3v) is 5.89. The molecule has 0 saturated carbocycles. The van der Waals surface area contributed by atoms with Crippen LogP contribution in [0.2, 0.25) is 0 Å². The highest BCUT2D eigenvalue weighted by Gasteiger charge is 2.25. The Labute approximate surface area is 137 Å². The molecule has 0 bridgehead atoms. The Bertz CT molecular complexity index is 763. The molecule has 0 unspecified atom stereocenters. The van der Waals surface area contributed by atoms with Gasteiger partial charge in [-0.15, -0.1) is 0 Å². The molecule has 0 atom stereocenters. The molecule has 5 nitrogen and oxygen atoms in total. The average molecular weight is 333 g/mol. The second kappa shape index (κ2) is 6.95. The van der Waals surface area contributed by atoms with Gasteiger partial charge in [0.1, 0.15) is 4.90 Å². The van der Waals surface area contributed by atoms with Gasteiger partial charge in [0.2, 0.25) is 10.0 Å². The molecule has 1 aliphatic rings. The van der Waals surface area contributed by atoms with Gasteiger partial charge in [0.05, 0.1) is 5.52 Å². The summed E-state index contributed by atoms with van der Waals surface area (Å²) in [6.07, 6.45) is 4.48. The van der Waals surface area contributed by atoms with Crippen LogP contribution < -0.4 is 4.72 Å². The van der Waals surface area contributed by atoms with Crippen molar-refractivity contribution in [3.8, 4) is 0 Å². The molecule has 0 amide bonds. The number of nitrogens with zero attached hydrogens (tertiary/aromatic N) is 2. The first-order valence-electron chi connectivity index (χ1n) is 8.18. The van der Waals surface area contributed by atoms with Gasteiger partial charge in [-0.25, -0.2) is 13.1 Å². The molecule has 1 aliphatic heterocycles. The van der Waals surface area contributed by atoms with Crippen LogP contribution in [0.15, 0.2) is 41.4 Å². The highest BCUT2D eigenvalue weighted by Crippen LogP contribution is 2.22. The summed E-state index contributed by atoms with van der Waals surface area (Å²) in [7, 11) is -3.55. The van der Waals surface area contributed by atoms with Crippen LogP contribution in [0, 0.1) is 0 Å². The van der Waals surface area contributed by atoms with E-state index in [-0.39, 0.29) is 10.9 Å². The summed E-state index contributed by atoms with van der Waals surface area (Å²) in [5.41, 5.74) is 0.533. The van der Waals surface area contributed by atoms with Gasteiger partial charge < -0.3 is 4.90 Å². The second-order valence-electron chi connectivity index (χ2n) is 6.07. The Hall–Kier alpha value is -1.50. The highest BCUT2D eigenvalue weighted by molar-refractivity contribution is 7.89. The van der Waals surface area contributed by atoms with Gasteiger partial charge in [0, 0.05) is 17.6 Å². The van der Waals surface area contributed by atoms with Crippen LogP contribution in [-0.4, -0.2) is 44.0 Å². The van der Waals surface area contributed by atoms with E-state index in [1.165, 1.54) is 0 Å². The molecule has 1 saturated heterocycles. The minimum Gasteiger partial charge on any atom is -0.303 e. The van der Waals surface area contributed by atoms with Crippen LogP contribution >= 0.6 is 0 Å². The first-order chi connectivity index (χ1) is 11.1. The van der Waals surface area contributed by atoms with Crippen molar-refractivity contribution in [2.24, 2.45) is 0 Å². The zero-order chi connectivity index (χ0) is 16.3. The van der Waals surface area contributed by atoms with E-state index < -0.39 is 10.0 Å². The number of pyridine rings is 1. The monoisotopic (exact) mass is 333 g/mol. The molecular weight excluding hydrogens is 310 g/mol. The molecule has 1 aromatic carbocycles. The van der Waals surface area contributed by atoms with Gasteiger partial charge in [-0.05, 0) is 51.0 Å². The minimum atomic E-state index is -3.55. The molecule has 2 aromatic rings. The zero-order valence-corrected chi connectivity index (χ0v) is 14.2. The van der Waals surface area contributed by atoms with Gasteiger partial charge in [-0.1, -0.05) is 25.1 Å². The van der Waals surface area contributed by atoms with Gasteiger partial charge in [0.25, 0.3) is 0 Å². The molecular formula is C17H23N3O2S. The number of nitrogens with one attached hydrogen (secondary N) is 1. The second-order valence-corrected chi connectivity index (χ2v) is 7.75. The van der Waals surface area contributed by atoms with Gasteiger partial charge >= 0.3 is 0 Å². The molecule has 1 N–H and O–H groups in total. The lowest BCUT2D eigenvalue weighted by Gasteiger charge is -2.31. The van der Waals surface area contributed by atoms with Crippen molar-refractivity contribution in [3.63, 3.8) is 0 Å². The van der Waals surface area contributed by atoms with E-state index in [1.54, 1.807) is 18.3 Å². The summed E-state index contributed by atoms with van der Waals surface area (Å²) in [6.45, 7) is 5.17. The third kappa shape index (κ3) is 3.71. The molecule has 0 spiro atoms. The van der Waals surface area contributed by atoms with Crippen LogP contribution in [0.1, 0.15) is 26.2 Å². The standard InChI is InChI=1S/C17H23N3O2S/c1-2-11-20-12-8-15(9-13-20)19-23(21,22)16-7-3-5-14-6-4-10-18-17(14)16/h3-7,10,15,19H,2,8-9,11-13H2,1H3. The fourth-order valence-electron chi connectivity index (χ4n) is 3.17. The number of rotatable bonds is 5. The number of piperidine rings is 1. The Kier molecular flexibility index (Phi) is 4.94. The molecule has 0 radical (unpaired) electrons. The topological polar surface area (TPSA) is 62.3 Å². The number of para-hydroxylation sites is 1. The molecule has 2 heterocycles. The van der Waals surface area contributed by atoms with E-state index in [0.29, 0.717) is 5.52 Å². The largest absolute Gasteiger partial charge is 0.303 e. The van der Waals surface area contributed by atoms with Crippen LogP contribution in [0.5, 0.6) is 0 Å². The Morgan fingerprint density at radius 1 is 1.22 bits per heavy atom. The number of sulfonamides is 1. The number of fused-ring (bicyclic) bond motifs is 1. The lowest BCUT2D eigenvalue weighted by molar-refractivity contribution is 0.208. The van der Waals surface area contributed by atoms with E-state index in [2.05, 4.69) is 21.5 Å². The summed E-state index contributed by atoms with van der Waals surface area (Å²) < 4.78 is 28.4. The van der Waals surface area contributed by atoms with Crippen molar-refractivity contribution in [3.05, 3.63) is 36.5 Å². The maximum atomic E-state index is 12.8. The van der Waals surface area contributed by atoms with Gasteiger partial charge in [0.15, 0.2) is 0 Å². The normalized spacial score (nSPS) is 17.6. The number of benzene rings is 1. The highest BCUT2D eigenvalue weighted by atomic mass is 32.2. The maximum Gasteiger partial charge on any atom is 0.242 e. The number of likely N-dealkylation sites (tertiary alicyclic amines) is 1. The number of hydrogen-bond donors (Lipinski definition) is 1. The predicted octanol–water partition coefficient (Wildman–Crippen LogP) is 2.39. The Morgan fingerprint density at radius 3 is 2.70 bits per heavy atom. The van der Waals surface area contributed by atoms with E-state index in [1.807, 2.05) is 18.2 Å². The first kappa shape index (κ1) is 16.4. The zero-order valence-electron chi connectivity index (χ0n) is 13.4. The SMILES string of the molecule is CCCN1CCC(NS(=O)(=O)c2cccc3cccnc23)CC1. The van der Waals surface area contributed by atoms with Crippen molar-refractivity contribution in [1.29, 1.82) is 0 Å². The fraction of sp³-hybridized carbons (Fsp3) is 0.471. The van der Waals surface area contributed by atoms with Gasteiger partial charge in [-0.3, -0.25) is 4.98 Å². The van der Waals surface area contributed by atoms with Crippen molar-refractivity contribution < 1.29 is 8.42 Å². The maximum absolute atomic E-state index is 12.8. The predicted molar refractivity (Wildman–Crippen MR) is 91.8 cm³/mol. The molecule has 6 heteroatoms. The van der Waals surface area contributed by atoms with Crippen molar-refractivity contribution >= 4 is 20.9 Å². The molecule has 1 fully saturated rings. The third-order valence-electron chi connectivity index (χ3n) is 4.33. The number of hydrogen-bond acceptors (Lipinski definition) is 4. The number of aromatic nitrogens is 1. The summed E-state index contributed by atoms with van der Waals surface area (Å²) in [5, 5.41) is 0.841. The van der Waals surface area contributed by atoms with Crippen LogP contribution in [0.4, 0.5) is 0 Å². The summed E-state index contributed by atoms with van der Waals surface area (Å²) in [6, 6.07) is 8.98. The van der Waals surface area contributed by atoms with E-state index in [9.17, 15) is 8.42 Å². The van der Waals surface area contributed by atoms with E-state index >= 15 is 0 Å². The quantitative estimate of drug-likeness (QED) is 0.912. The average Bonchev–Trinajstić information content (AvgIpc) is 2.56. The smallest absolute Gasteiger partial charge is 0.242 e. The molecule has 1 aromatic heterocycles. The Balaban J connectivity index is 1.77. The fourth-order valence-corrected chi connectivity index (χ4v) is 4.65. The lowest BCUT2D eigenvalue weighted by Crippen LogP contribution is -2.44. The van der Waals surface area contributed by atoms with Gasteiger partial charge in [-0.2, -0.15) is 0 Å². The lowest BCUT2D eigenvalue weighted by atomic mass is 10.1. The summed E-state index contributed by atoms with van der Waals surface area (Å²) >= 11 is 0. The summed E-state index contributed by atoms with van der Waals surface area (Å²) in [5.74, 6) is 0. The first-order valence-corrected chi connectivity index (χ1v) is 9.67. The van der Waals surface area contributed by atoms with Crippen molar-refractivity contribution in [1.82, 2.24) is 14.6 Å². The molecule has 0 aliphatic carbocycles. The molecule has 3 rings (SSSR count). The van der Waals surface area contributed by atoms with Crippen LogP contribution in [-0.2, 0) is 10.0 Å². The van der Waals surface area contributed by atoms with Crippen LogP contribution in [0.3, 0.4) is 0 Å². The minimum absolute atomic E-state index is 0.00655. The summed E-state index contributed by atoms with van der Waals surface area (Å²) in [4.78, 5) is 6.91. The van der Waals surface area contributed by atoms with Crippen molar-refractivity contribution in [2.45, 2.75) is 37.1 Å². The molecule has 23 heavy (non-hydrogen) atoms.